The fourth-order valence-corrected chi connectivity index (χ4v) is 4.98. The Morgan fingerprint density at radius 3 is 2.91 bits per heavy atom. The summed E-state index contributed by atoms with van der Waals surface area (Å²) >= 11 is 1.69. The first-order chi connectivity index (χ1) is 11.1. The van der Waals surface area contributed by atoms with Crippen LogP contribution >= 0.6 is 11.3 Å². The monoisotopic (exact) mass is 333 g/mol. The van der Waals surface area contributed by atoms with E-state index in [1.165, 1.54) is 38.8 Å². The van der Waals surface area contributed by atoms with Crippen molar-refractivity contribution in [2.45, 2.75) is 64.0 Å². The van der Waals surface area contributed by atoms with Crippen LogP contribution in [0, 0.1) is 12.8 Å². The van der Waals surface area contributed by atoms with E-state index in [-0.39, 0.29) is 5.54 Å². The number of rotatable bonds is 4. The molecule has 0 N–H and O–H groups in total. The minimum Gasteiger partial charge on any atom is -0.331 e. The van der Waals surface area contributed by atoms with Crippen molar-refractivity contribution in [1.82, 2.24) is 14.8 Å². The number of thiazole rings is 1. The van der Waals surface area contributed by atoms with Crippen LogP contribution in [0.3, 0.4) is 0 Å². The maximum atomic E-state index is 12.5. The van der Waals surface area contributed by atoms with Crippen molar-refractivity contribution < 1.29 is 4.79 Å². The second-order valence-electron chi connectivity index (χ2n) is 7.66. The number of amides is 1. The third-order valence-electron chi connectivity index (χ3n) is 5.89. The van der Waals surface area contributed by atoms with Gasteiger partial charge in [-0.25, -0.2) is 4.98 Å². The largest absolute Gasteiger partial charge is 0.331 e. The highest BCUT2D eigenvalue weighted by atomic mass is 32.1. The smallest absolute Gasteiger partial charge is 0.223 e. The third-order valence-corrected chi connectivity index (χ3v) is 6.71. The summed E-state index contributed by atoms with van der Waals surface area (Å²) in [5.41, 5.74) is 1.17. The van der Waals surface area contributed by atoms with Gasteiger partial charge in [0.15, 0.2) is 0 Å². The highest BCUT2D eigenvalue weighted by Gasteiger charge is 2.46. The van der Waals surface area contributed by atoms with Gasteiger partial charge in [0, 0.05) is 30.4 Å². The Labute approximate surface area is 142 Å². The molecular formula is C18H27N3OS. The Hall–Kier alpha value is -0.940. The Morgan fingerprint density at radius 1 is 1.30 bits per heavy atom. The molecule has 0 bridgehead atoms. The van der Waals surface area contributed by atoms with E-state index < -0.39 is 0 Å². The Kier molecular flexibility index (Phi) is 4.18. The molecule has 1 aromatic heterocycles. The first kappa shape index (κ1) is 15.6. The summed E-state index contributed by atoms with van der Waals surface area (Å²) in [5.74, 6) is 1.30. The van der Waals surface area contributed by atoms with Crippen molar-refractivity contribution in [2.75, 3.05) is 19.6 Å². The van der Waals surface area contributed by atoms with Crippen LogP contribution in [0.5, 0.6) is 0 Å². The Bertz CT molecular complexity index is 583. The van der Waals surface area contributed by atoms with E-state index in [0.29, 0.717) is 12.5 Å². The predicted molar refractivity (Wildman–Crippen MR) is 92.4 cm³/mol. The van der Waals surface area contributed by atoms with Crippen molar-refractivity contribution in [2.24, 2.45) is 5.92 Å². The van der Waals surface area contributed by atoms with Gasteiger partial charge in [-0.3, -0.25) is 4.79 Å². The summed E-state index contributed by atoms with van der Waals surface area (Å²) in [6, 6.07) is 0. The number of aryl methyl sites for hydroxylation is 1. The molecule has 1 aliphatic carbocycles. The van der Waals surface area contributed by atoms with Crippen molar-refractivity contribution in [1.29, 1.82) is 0 Å². The van der Waals surface area contributed by atoms with E-state index in [9.17, 15) is 4.79 Å². The molecule has 3 aliphatic rings. The average Bonchev–Trinajstić information content (AvgIpc) is 3.23. The number of aromatic nitrogens is 1. The lowest BCUT2D eigenvalue weighted by atomic mass is 9.87. The molecule has 1 atom stereocenters. The molecule has 0 aromatic carbocycles. The summed E-state index contributed by atoms with van der Waals surface area (Å²) in [4.78, 5) is 22.0. The fourth-order valence-electron chi connectivity index (χ4n) is 4.38. The van der Waals surface area contributed by atoms with Crippen LogP contribution in [-0.4, -0.2) is 45.9 Å². The fraction of sp³-hybridized carbons (Fsp3) is 0.778. The number of nitrogens with zero attached hydrogens (tertiary/aromatic N) is 3. The van der Waals surface area contributed by atoms with Gasteiger partial charge in [-0.2, -0.15) is 0 Å². The number of hydrogen-bond donors (Lipinski definition) is 0. The van der Waals surface area contributed by atoms with E-state index in [1.807, 2.05) is 6.92 Å². The first-order valence-corrected chi connectivity index (χ1v) is 9.96. The van der Waals surface area contributed by atoms with Crippen LogP contribution in [0.25, 0.3) is 0 Å². The minimum absolute atomic E-state index is 0.104. The lowest BCUT2D eigenvalue weighted by molar-refractivity contribution is -0.132. The van der Waals surface area contributed by atoms with Gasteiger partial charge >= 0.3 is 0 Å². The van der Waals surface area contributed by atoms with Crippen LogP contribution in [0.4, 0.5) is 0 Å². The number of likely N-dealkylation sites (tertiary alicyclic amines) is 2. The standard InChI is InChI=1S/C18H27N3OS/c1-14-19-16(13-23-14)12-21-17(22)5-7-18(21)6-2-9-20(10-8-18)11-15-3-4-15/h13,15H,2-12H2,1H3/t18-/m0/s1. The normalized spacial score (nSPS) is 29.4. The lowest BCUT2D eigenvalue weighted by Gasteiger charge is -2.38. The molecule has 1 aromatic rings. The van der Waals surface area contributed by atoms with Crippen molar-refractivity contribution in [3.63, 3.8) is 0 Å². The van der Waals surface area contributed by atoms with E-state index in [4.69, 9.17) is 0 Å². The molecule has 4 rings (SSSR count). The van der Waals surface area contributed by atoms with Crippen LogP contribution in [0.2, 0.25) is 0 Å². The molecule has 1 amide bonds. The van der Waals surface area contributed by atoms with E-state index >= 15 is 0 Å². The van der Waals surface area contributed by atoms with Gasteiger partial charge in [0.25, 0.3) is 0 Å². The maximum absolute atomic E-state index is 12.5. The first-order valence-electron chi connectivity index (χ1n) is 9.08. The van der Waals surface area contributed by atoms with E-state index in [0.717, 1.165) is 42.4 Å². The molecule has 23 heavy (non-hydrogen) atoms. The highest BCUT2D eigenvalue weighted by molar-refractivity contribution is 7.09. The molecule has 4 nitrogen and oxygen atoms in total. The van der Waals surface area contributed by atoms with Gasteiger partial charge in [0.1, 0.15) is 0 Å². The third kappa shape index (κ3) is 3.31. The summed E-state index contributed by atoms with van der Waals surface area (Å²) in [6.07, 6.45) is 8.17. The summed E-state index contributed by atoms with van der Waals surface area (Å²) in [6.45, 7) is 6.42. The van der Waals surface area contributed by atoms with Gasteiger partial charge in [-0.05, 0) is 57.9 Å². The van der Waals surface area contributed by atoms with E-state index in [1.54, 1.807) is 11.3 Å². The van der Waals surface area contributed by atoms with Crippen molar-refractivity contribution >= 4 is 17.2 Å². The minimum atomic E-state index is 0.104. The zero-order valence-electron chi connectivity index (χ0n) is 14.1. The lowest BCUT2D eigenvalue weighted by Crippen LogP contribution is -2.46. The predicted octanol–water partition coefficient (Wildman–Crippen LogP) is 3.21. The van der Waals surface area contributed by atoms with Gasteiger partial charge in [0.05, 0.1) is 17.2 Å². The zero-order chi connectivity index (χ0) is 15.9. The average molecular weight is 334 g/mol. The maximum Gasteiger partial charge on any atom is 0.223 e. The summed E-state index contributed by atoms with van der Waals surface area (Å²) in [5, 5.41) is 3.21. The van der Waals surface area contributed by atoms with Crippen LogP contribution < -0.4 is 0 Å². The van der Waals surface area contributed by atoms with Crippen molar-refractivity contribution in [3.8, 4) is 0 Å². The molecule has 3 fully saturated rings. The Morgan fingerprint density at radius 2 is 2.17 bits per heavy atom. The molecular weight excluding hydrogens is 306 g/mol. The highest BCUT2D eigenvalue weighted by Crippen LogP contribution is 2.41. The number of hydrogen-bond acceptors (Lipinski definition) is 4. The van der Waals surface area contributed by atoms with Crippen LogP contribution in [0.1, 0.15) is 55.6 Å². The quantitative estimate of drug-likeness (QED) is 0.849. The van der Waals surface area contributed by atoms with Gasteiger partial charge < -0.3 is 9.80 Å². The summed E-state index contributed by atoms with van der Waals surface area (Å²) < 4.78 is 0. The van der Waals surface area contributed by atoms with Gasteiger partial charge in [-0.15, -0.1) is 11.3 Å². The summed E-state index contributed by atoms with van der Waals surface area (Å²) in [7, 11) is 0. The molecule has 1 saturated carbocycles. The Balaban J connectivity index is 1.47. The van der Waals surface area contributed by atoms with Crippen LogP contribution in [0.15, 0.2) is 5.38 Å². The second kappa shape index (κ2) is 6.17. The second-order valence-corrected chi connectivity index (χ2v) is 8.72. The zero-order valence-corrected chi connectivity index (χ0v) is 14.9. The molecule has 5 heteroatoms. The molecule has 0 unspecified atom stereocenters. The van der Waals surface area contributed by atoms with Crippen molar-refractivity contribution in [3.05, 3.63) is 16.1 Å². The number of carbonyl (C=O) groups is 1. The van der Waals surface area contributed by atoms with Crippen LogP contribution in [-0.2, 0) is 11.3 Å². The SMILES string of the molecule is Cc1nc(CN2C(=O)CC[C@]23CCCN(CC2CC2)CC3)cs1. The molecule has 2 saturated heterocycles. The molecule has 126 valence electrons. The number of carbonyl (C=O) groups excluding carboxylic acids is 1. The van der Waals surface area contributed by atoms with Gasteiger partial charge in [0.2, 0.25) is 5.91 Å². The van der Waals surface area contributed by atoms with E-state index in [2.05, 4.69) is 20.2 Å². The molecule has 2 aliphatic heterocycles. The molecule has 1 spiro atoms. The topological polar surface area (TPSA) is 36.4 Å². The molecule has 0 radical (unpaired) electrons. The molecule has 3 heterocycles. The van der Waals surface area contributed by atoms with Gasteiger partial charge in [-0.1, -0.05) is 0 Å².